The van der Waals surface area contributed by atoms with Crippen molar-refractivity contribution in [2.24, 2.45) is 4.99 Å². The fourth-order valence-corrected chi connectivity index (χ4v) is 3.09. The lowest BCUT2D eigenvalue weighted by Crippen LogP contribution is -2.48. The van der Waals surface area contributed by atoms with E-state index in [1.807, 2.05) is 18.2 Å². The Bertz CT molecular complexity index is 584. The molecule has 1 aromatic heterocycles. The van der Waals surface area contributed by atoms with Gasteiger partial charge in [-0.25, -0.2) is 4.98 Å². The lowest BCUT2D eigenvalue weighted by atomic mass is 10.3. The highest BCUT2D eigenvalue weighted by atomic mass is 32.2. The Morgan fingerprint density at radius 3 is 2.77 bits per heavy atom. The van der Waals surface area contributed by atoms with Crippen molar-refractivity contribution in [3.05, 3.63) is 24.4 Å². The van der Waals surface area contributed by atoms with Gasteiger partial charge in [-0.3, -0.25) is 14.5 Å². The van der Waals surface area contributed by atoms with Crippen LogP contribution in [0.1, 0.15) is 0 Å². The van der Waals surface area contributed by atoms with Crippen LogP contribution in [0.2, 0.25) is 0 Å². The second-order valence-electron chi connectivity index (χ2n) is 5.10. The first-order chi connectivity index (χ1) is 10.7. The van der Waals surface area contributed by atoms with Crippen molar-refractivity contribution in [3.8, 4) is 0 Å². The number of hydrogen-bond acceptors (Lipinski definition) is 6. The number of carbonyl (C=O) groups excluding carboxylic acids is 2. The summed E-state index contributed by atoms with van der Waals surface area (Å²) in [6.45, 7) is 3.56. The van der Waals surface area contributed by atoms with Crippen LogP contribution in [0.5, 0.6) is 0 Å². The minimum atomic E-state index is -0.212. The van der Waals surface area contributed by atoms with E-state index in [4.69, 9.17) is 0 Å². The smallest absolute Gasteiger partial charge is 0.262 e. The summed E-state index contributed by atoms with van der Waals surface area (Å²) < 4.78 is 0. The van der Waals surface area contributed by atoms with Crippen molar-refractivity contribution < 1.29 is 9.59 Å². The third-order valence-corrected chi connectivity index (χ3v) is 4.39. The van der Waals surface area contributed by atoms with Gasteiger partial charge in [-0.15, -0.1) is 0 Å². The van der Waals surface area contributed by atoms with Gasteiger partial charge in [-0.2, -0.15) is 4.99 Å². The van der Waals surface area contributed by atoms with E-state index in [0.29, 0.717) is 10.9 Å². The molecule has 7 nitrogen and oxygen atoms in total. The highest BCUT2D eigenvalue weighted by Gasteiger charge is 2.21. The van der Waals surface area contributed by atoms with Gasteiger partial charge < -0.3 is 10.2 Å². The van der Waals surface area contributed by atoms with Gasteiger partial charge in [-0.05, 0) is 12.1 Å². The highest BCUT2D eigenvalue weighted by molar-refractivity contribution is 8.15. The molecule has 2 saturated heterocycles. The van der Waals surface area contributed by atoms with E-state index in [0.717, 1.165) is 32.0 Å². The molecule has 0 aliphatic carbocycles. The molecule has 1 aromatic rings. The van der Waals surface area contributed by atoms with Crippen LogP contribution in [0, 0.1) is 0 Å². The summed E-state index contributed by atoms with van der Waals surface area (Å²) in [6.07, 6.45) is 1.79. The Kier molecular flexibility index (Phi) is 4.69. The van der Waals surface area contributed by atoms with Crippen molar-refractivity contribution >= 4 is 34.6 Å². The van der Waals surface area contributed by atoms with Crippen LogP contribution in [0.4, 0.5) is 5.82 Å². The number of aromatic nitrogens is 1. The van der Waals surface area contributed by atoms with E-state index in [9.17, 15) is 9.59 Å². The fraction of sp³-hybridized carbons (Fsp3) is 0.429. The van der Waals surface area contributed by atoms with E-state index in [-0.39, 0.29) is 18.4 Å². The number of amides is 2. The molecule has 3 heterocycles. The Balaban J connectivity index is 1.48. The molecule has 0 unspecified atom stereocenters. The SMILES string of the molecule is O=C(CN1CCN(c2ccccn2)CC1)N=C1NC(=O)CS1. The van der Waals surface area contributed by atoms with Gasteiger partial charge in [0.15, 0.2) is 5.17 Å². The molecule has 1 N–H and O–H groups in total. The summed E-state index contributed by atoms with van der Waals surface area (Å²) in [4.78, 5) is 35.5. The summed E-state index contributed by atoms with van der Waals surface area (Å²) in [6, 6.07) is 5.87. The van der Waals surface area contributed by atoms with Crippen molar-refractivity contribution in [1.29, 1.82) is 0 Å². The molecule has 2 fully saturated rings. The molecule has 116 valence electrons. The Morgan fingerprint density at radius 1 is 1.32 bits per heavy atom. The molecule has 22 heavy (non-hydrogen) atoms. The average Bonchev–Trinajstić information content (AvgIpc) is 2.94. The highest BCUT2D eigenvalue weighted by Crippen LogP contribution is 2.13. The Labute approximate surface area is 132 Å². The van der Waals surface area contributed by atoms with Gasteiger partial charge in [0, 0.05) is 32.4 Å². The van der Waals surface area contributed by atoms with Gasteiger partial charge in [0.25, 0.3) is 5.91 Å². The summed E-state index contributed by atoms with van der Waals surface area (Å²) in [5.41, 5.74) is 0. The predicted octanol–water partition coefficient (Wildman–Crippen LogP) is -0.0508. The first-order valence-electron chi connectivity index (χ1n) is 7.13. The zero-order valence-electron chi connectivity index (χ0n) is 12.1. The van der Waals surface area contributed by atoms with Gasteiger partial charge in [0.2, 0.25) is 5.91 Å². The molecule has 2 aliphatic rings. The number of amidine groups is 1. The van der Waals surface area contributed by atoms with Gasteiger partial charge in [0.1, 0.15) is 5.82 Å². The zero-order chi connectivity index (χ0) is 15.4. The van der Waals surface area contributed by atoms with Crippen LogP contribution < -0.4 is 10.2 Å². The first-order valence-corrected chi connectivity index (χ1v) is 8.12. The molecule has 0 radical (unpaired) electrons. The van der Waals surface area contributed by atoms with Crippen molar-refractivity contribution in [3.63, 3.8) is 0 Å². The molecule has 0 spiro atoms. The maximum Gasteiger partial charge on any atom is 0.262 e. The second-order valence-corrected chi connectivity index (χ2v) is 6.06. The van der Waals surface area contributed by atoms with Gasteiger partial charge >= 0.3 is 0 Å². The predicted molar refractivity (Wildman–Crippen MR) is 85.9 cm³/mol. The third kappa shape index (κ3) is 3.83. The van der Waals surface area contributed by atoms with Crippen LogP contribution >= 0.6 is 11.8 Å². The van der Waals surface area contributed by atoms with Crippen LogP contribution in [-0.4, -0.2) is 65.3 Å². The number of hydrogen-bond donors (Lipinski definition) is 1. The maximum atomic E-state index is 11.9. The minimum absolute atomic E-state index is 0.0967. The van der Waals surface area contributed by atoms with Gasteiger partial charge in [0.05, 0.1) is 12.3 Å². The number of nitrogens with zero attached hydrogens (tertiary/aromatic N) is 4. The standard InChI is InChI=1S/C14H17N5O2S/c20-12(16-14-17-13(21)10-22-14)9-18-5-7-19(8-6-18)11-3-1-2-4-15-11/h1-4H,5-10H2,(H,16,17,20,21). The molecule has 8 heteroatoms. The minimum Gasteiger partial charge on any atom is -0.354 e. The lowest BCUT2D eigenvalue weighted by molar-refractivity contribution is -0.119. The molecule has 2 amide bonds. The quantitative estimate of drug-likeness (QED) is 0.842. The lowest BCUT2D eigenvalue weighted by Gasteiger charge is -2.34. The van der Waals surface area contributed by atoms with Crippen LogP contribution in [0.3, 0.4) is 0 Å². The van der Waals surface area contributed by atoms with Gasteiger partial charge in [-0.1, -0.05) is 17.8 Å². The second kappa shape index (κ2) is 6.89. The monoisotopic (exact) mass is 319 g/mol. The Morgan fingerprint density at radius 2 is 2.14 bits per heavy atom. The summed E-state index contributed by atoms with van der Waals surface area (Å²) >= 11 is 1.27. The molecule has 0 atom stereocenters. The van der Waals surface area contributed by atoms with E-state index in [1.54, 1.807) is 6.20 Å². The van der Waals surface area contributed by atoms with Crippen LogP contribution in [0.15, 0.2) is 29.4 Å². The zero-order valence-corrected chi connectivity index (χ0v) is 12.9. The topological polar surface area (TPSA) is 77.9 Å². The van der Waals surface area contributed by atoms with E-state index < -0.39 is 0 Å². The van der Waals surface area contributed by atoms with E-state index in [2.05, 4.69) is 25.1 Å². The number of piperazine rings is 1. The number of carbonyl (C=O) groups is 2. The molecule has 2 aliphatic heterocycles. The van der Waals surface area contributed by atoms with Crippen molar-refractivity contribution in [2.75, 3.05) is 43.4 Å². The van der Waals surface area contributed by atoms with Crippen molar-refractivity contribution in [2.45, 2.75) is 0 Å². The van der Waals surface area contributed by atoms with Crippen molar-refractivity contribution in [1.82, 2.24) is 15.2 Å². The first kappa shape index (κ1) is 15.0. The Hall–Kier alpha value is -1.93. The number of anilines is 1. The summed E-state index contributed by atoms with van der Waals surface area (Å²) in [7, 11) is 0. The summed E-state index contributed by atoms with van der Waals surface area (Å²) in [5, 5.41) is 2.99. The number of nitrogens with one attached hydrogen (secondary N) is 1. The average molecular weight is 319 g/mol. The van der Waals surface area contributed by atoms with E-state index >= 15 is 0 Å². The number of rotatable bonds is 3. The molecular weight excluding hydrogens is 302 g/mol. The molecule has 0 aromatic carbocycles. The normalized spacial score (nSPS) is 21.2. The third-order valence-electron chi connectivity index (χ3n) is 3.52. The largest absolute Gasteiger partial charge is 0.354 e. The number of pyridine rings is 1. The summed E-state index contributed by atoms with van der Waals surface area (Å²) in [5.74, 6) is 1.00. The van der Waals surface area contributed by atoms with Crippen LogP contribution in [0.25, 0.3) is 0 Å². The van der Waals surface area contributed by atoms with Crippen LogP contribution in [-0.2, 0) is 9.59 Å². The molecular formula is C14H17N5O2S. The molecule has 0 bridgehead atoms. The number of aliphatic imine (C=N–C) groups is 1. The van der Waals surface area contributed by atoms with E-state index in [1.165, 1.54) is 11.8 Å². The maximum absolute atomic E-state index is 11.9. The molecule has 3 rings (SSSR count). The molecule has 0 saturated carbocycles. The number of thioether (sulfide) groups is 1. The fourth-order valence-electron chi connectivity index (χ4n) is 2.40.